The summed E-state index contributed by atoms with van der Waals surface area (Å²) < 4.78 is 0. The van der Waals surface area contributed by atoms with Gasteiger partial charge in [-0.05, 0) is 49.4 Å². The highest BCUT2D eigenvalue weighted by Crippen LogP contribution is 2.26. The maximum Gasteiger partial charge on any atom is 0.0342 e. The van der Waals surface area contributed by atoms with E-state index in [-0.39, 0.29) is 0 Å². The molecule has 0 spiro atoms. The molecule has 0 amide bonds. The fraction of sp³-hybridized carbons (Fsp3) is 0.625. The molecule has 1 saturated carbocycles. The molecule has 2 rings (SSSR count). The summed E-state index contributed by atoms with van der Waals surface area (Å²) in [6.07, 6.45) is 8.61. The van der Waals surface area contributed by atoms with Crippen molar-refractivity contribution in [2.45, 2.75) is 52.4 Å². The van der Waals surface area contributed by atoms with E-state index in [9.17, 15) is 0 Å². The Bertz CT molecular complexity index is 351. The summed E-state index contributed by atoms with van der Waals surface area (Å²) in [4.78, 5) is 0. The average molecular weight is 231 g/mol. The molecule has 1 aliphatic carbocycles. The first kappa shape index (κ1) is 12.5. The second-order valence-corrected chi connectivity index (χ2v) is 5.52. The second-order valence-electron chi connectivity index (χ2n) is 5.52. The lowest BCUT2D eigenvalue weighted by atomic mass is 9.87. The van der Waals surface area contributed by atoms with Crippen LogP contribution >= 0.6 is 0 Å². The van der Waals surface area contributed by atoms with Gasteiger partial charge < -0.3 is 5.32 Å². The molecule has 0 saturated heterocycles. The molecule has 0 atom stereocenters. The van der Waals surface area contributed by atoms with Crippen molar-refractivity contribution in [1.29, 1.82) is 0 Å². The van der Waals surface area contributed by atoms with Gasteiger partial charge in [0.15, 0.2) is 0 Å². The first-order valence-electron chi connectivity index (χ1n) is 7.07. The lowest BCUT2D eigenvalue weighted by Gasteiger charge is -2.21. The van der Waals surface area contributed by atoms with E-state index < -0.39 is 0 Å². The summed E-state index contributed by atoms with van der Waals surface area (Å²) in [5.41, 5.74) is 4.04. The van der Waals surface area contributed by atoms with E-state index in [2.05, 4.69) is 37.4 Å². The minimum atomic E-state index is 0.975. The third-order valence-corrected chi connectivity index (χ3v) is 4.11. The quantitative estimate of drug-likeness (QED) is 0.793. The van der Waals surface area contributed by atoms with Crippen LogP contribution in [0.15, 0.2) is 18.2 Å². The van der Waals surface area contributed by atoms with Gasteiger partial charge in [-0.25, -0.2) is 0 Å². The van der Waals surface area contributed by atoms with Gasteiger partial charge in [0.2, 0.25) is 0 Å². The molecule has 0 unspecified atom stereocenters. The van der Waals surface area contributed by atoms with E-state index in [4.69, 9.17) is 0 Å². The summed E-state index contributed by atoms with van der Waals surface area (Å²) in [5.74, 6) is 0.975. The van der Waals surface area contributed by atoms with E-state index in [1.165, 1.54) is 55.3 Å². The van der Waals surface area contributed by atoms with Crippen molar-refractivity contribution < 1.29 is 0 Å². The fourth-order valence-electron chi connectivity index (χ4n) is 2.75. The van der Waals surface area contributed by atoms with Gasteiger partial charge in [0.05, 0.1) is 0 Å². The number of rotatable bonds is 4. The summed E-state index contributed by atoms with van der Waals surface area (Å²) >= 11 is 0. The fourth-order valence-corrected chi connectivity index (χ4v) is 2.75. The molecule has 0 bridgehead atoms. The molecule has 1 fully saturated rings. The van der Waals surface area contributed by atoms with E-state index >= 15 is 0 Å². The van der Waals surface area contributed by atoms with Crippen LogP contribution in [0.1, 0.15) is 49.7 Å². The van der Waals surface area contributed by atoms with Crippen molar-refractivity contribution >= 4 is 5.69 Å². The highest BCUT2D eigenvalue weighted by Gasteiger charge is 2.12. The van der Waals surface area contributed by atoms with Gasteiger partial charge in [-0.1, -0.05) is 38.2 Å². The van der Waals surface area contributed by atoms with Crippen molar-refractivity contribution in [2.24, 2.45) is 5.92 Å². The van der Waals surface area contributed by atoms with Crippen LogP contribution in [-0.4, -0.2) is 6.54 Å². The number of hydrogen-bond acceptors (Lipinski definition) is 1. The highest BCUT2D eigenvalue weighted by atomic mass is 14.9. The maximum absolute atomic E-state index is 3.56. The van der Waals surface area contributed by atoms with Gasteiger partial charge in [0.25, 0.3) is 0 Å². The molecule has 94 valence electrons. The number of benzene rings is 1. The van der Waals surface area contributed by atoms with Crippen LogP contribution < -0.4 is 5.32 Å². The lowest BCUT2D eigenvalue weighted by molar-refractivity contribution is 0.345. The number of nitrogens with one attached hydrogen (secondary N) is 1. The predicted molar refractivity (Wildman–Crippen MR) is 75.6 cm³/mol. The zero-order valence-corrected chi connectivity index (χ0v) is 11.3. The molecule has 17 heavy (non-hydrogen) atoms. The van der Waals surface area contributed by atoms with Crippen LogP contribution in [0.2, 0.25) is 0 Å². The molecule has 0 aliphatic heterocycles. The van der Waals surface area contributed by atoms with Gasteiger partial charge in [-0.15, -0.1) is 0 Å². The Kier molecular flexibility index (Phi) is 4.47. The van der Waals surface area contributed by atoms with Crippen molar-refractivity contribution in [1.82, 2.24) is 0 Å². The van der Waals surface area contributed by atoms with Crippen LogP contribution in [0.25, 0.3) is 0 Å². The minimum Gasteiger partial charge on any atom is -0.385 e. The number of anilines is 1. The summed E-state index contributed by atoms with van der Waals surface area (Å²) in [6, 6.07) is 6.66. The van der Waals surface area contributed by atoms with Gasteiger partial charge in [0.1, 0.15) is 0 Å². The molecule has 1 nitrogen and oxygen atoms in total. The van der Waals surface area contributed by atoms with Crippen molar-refractivity contribution in [3.05, 3.63) is 29.3 Å². The Morgan fingerprint density at radius 3 is 2.53 bits per heavy atom. The third kappa shape index (κ3) is 3.76. The molecule has 0 aromatic heterocycles. The van der Waals surface area contributed by atoms with Gasteiger partial charge >= 0.3 is 0 Å². The van der Waals surface area contributed by atoms with Crippen LogP contribution in [0, 0.1) is 19.8 Å². The van der Waals surface area contributed by atoms with Crippen LogP contribution in [0.4, 0.5) is 5.69 Å². The first-order chi connectivity index (χ1) is 8.25. The molecular weight excluding hydrogens is 206 g/mol. The Labute approximate surface area is 106 Å². The van der Waals surface area contributed by atoms with Crippen molar-refractivity contribution in [2.75, 3.05) is 11.9 Å². The van der Waals surface area contributed by atoms with Crippen LogP contribution in [0.5, 0.6) is 0 Å². The lowest BCUT2D eigenvalue weighted by Crippen LogP contribution is -2.12. The SMILES string of the molecule is Cc1ccc(NCCC2CCCCC2)cc1C. The standard InChI is InChI=1S/C16H25N/c1-13-8-9-16(12-14(13)2)17-11-10-15-6-4-3-5-7-15/h8-9,12,15,17H,3-7,10-11H2,1-2H3. The number of aryl methyl sites for hydroxylation is 2. The maximum atomic E-state index is 3.56. The summed E-state index contributed by atoms with van der Waals surface area (Å²) in [5, 5.41) is 3.56. The molecule has 1 aromatic carbocycles. The van der Waals surface area contributed by atoms with E-state index in [1.54, 1.807) is 0 Å². The first-order valence-corrected chi connectivity index (χ1v) is 7.07. The normalized spacial score (nSPS) is 17.1. The Hall–Kier alpha value is -0.980. The van der Waals surface area contributed by atoms with Crippen molar-refractivity contribution in [3.63, 3.8) is 0 Å². The Morgan fingerprint density at radius 2 is 1.82 bits per heavy atom. The van der Waals surface area contributed by atoms with Gasteiger partial charge in [0, 0.05) is 12.2 Å². The topological polar surface area (TPSA) is 12.0 Å². The van der Waals surface area contributed by atoms with Crippen LogP contribution in [0.3, 0.4) is 0 Å². The van der Waals surface area contributed by atoms with Crippen molar-refractivity contribution in [3.8, 4) is 0 Å². The Morgan fingerprint density at radius 1 is 1.06 bits per heavy atom. The molecule has 1 N–H and O–H groups in total. The molecule has 0 radical (unpaired) electrons. The molecule has 1 heteroatoms. The predicted octanol–water partition coefficient (Wildman–Crippen LogP) is 4.69. The zero-order valence-electron chi connectivity index (χ0n) is 11.3. The monoisotopic (exact) mass is 231 g/mol. The van der Waals surface area contributed by atoms with E-state index in [1.807, 2.05) is 0 Å². The second kappa shape index (κ2) is 6.09. The third-order valence-electron chi connectivity index (χ3n) is 4.11. The van der Waals surface area contributed by atoms with Gasteiger partial charge in [-0.2, -0.15) is 0 Å². The van der Waals surface area contributed by atoms with Gasteiger partial charge in [-0.3, -0.25) is 0 Å². The average Bonchev–Trinajstić information content (AvgIpc) is 2.35. The molecule has 1 aromatic rings. The zero-order chi connectivity index (χ0) is 12.1. The number of hydrogen-bond donors (Lipinski definition) is 1. The summed E-state index contributed by atoms with van der Waals surface area (Å²) in [7, 11) is 0. The minimum absolute atomic E-state index is 0.975. The smallest absolute Gasteiger partial charge is 0.0342 e. The largest absolute Gasteiger partial charge is 0.385 e. The van der Waals surface area contributed by atoms with Crippen LogP contribution in [-0.2, 0) is 0 Å². The van der Waals surface area contributed by atoms with E-state index in [0.29, 0.717) is 0 Å². The summed E-state index contributed by atoms with van der Waals surface area (Å²) in [6.45, 7) is 5.48. The molecular formula is C16H25N. The molecule has 0 heterocycles. The molecule has 1 aliphatic rings. The Balaban J connectivity index is 1.75. The van der Waals surface area contributed by atoms with E-state index in [0.717, 1.165) is 12.5 Å². The highest BCUT2D eigenvalue weighted by molar-refractivity contribution is 5.47.